The number of hydrogen-bond donors (Lipinski definition) is 0. The molecule has 0 saturated heterocycles. The van der Waals surface area contributed by atoms with Crippen LogP contribution < -0.4 is 10.2 Å². The fourth-order valence-corrected chi connectivity index (χ4v) is 0. The van der Waals surface area contributed by atoms with E-state index in [0.29, 0.717) is 0 Å². The van der Waals surface area contributed by atoms with Crippen molar-refractivity contribution >= 4 is 65.3 Å². The number of carboxylic acid groups (broad SMARTS) is 2. The summed E-state index contributed by atoms with van der Waals surface area (Å²) in [5.41, 5.74) is 0. The van der Waals surface area contributed by atoms with Crippen LogP contribution in [0.1, 0.15) is 0 Å². The van der Waals surface area contributed by atoms with Gasteiger partial charge in [-0.15, -0.1) is 0 Å². The van der Waals surface area contributed by atoms with Crippen molar-refractivity contribution in [2.75, 3.05) is 0 Å². The zero-order valence-electron chi connectivity index (χ0n) is 3.72. The Hall–Kier alpha value is 1.27. The molecule has 0 aromatic rings. The summed E-state index contributed by atoms with van der Waals surface area (Å²) in [6.07, 6.45) is -2.33. The number of hydrogen-bond acceptors (Lipinski definition) is 3. The minimum absolute atomic E-state index is 0. The predicted octanol–water partition coefficient (Wildman–Crippen LogP) is -3.21. The van der Waals surface area contributed by atoms with E-state index in [0.717, 1.165) is 0 Å². The summed E-state index contributed by atoms with van der Waals surface area (Å²) in [5.74, 6) is 0. The Bertz CT molecular complexity index is 31.8. The number of carbonyl (C=O) groups is 1. The molecule has 0 amide bonds. The van der Waals surface area contributed by atoms with Gasteiger partial charge in [-0.05, 0) is 6.16 Å². The van der Waals surface area contributed by atoms with Gasteiger partial charge in [-0.2, -0.15) is 0 Å². The fourth-order valence-electron chi connectivity index (χ4n) is 0. The Kier molecular flexibility index (Phi) is 25.0. The molecule has 0 aliphatic heterocycles. The van der Waals surface area contributed by atoms with Crippen molar-refractivity contribution in [2.45, 2.75) is 0 Å². The van der Waals surface area contributed by atoms with Gasteiger partial charge >= 0.3 is 0 Å². The van der Waals surface area contributed by atoms with E-state index in [9.17, 15) is 0 Å². The van der Waals surface area contributed by atoms with Crippen LogP contribution in [-0.4, -0.2) is 65.3 Å². The van der Waals surface area contributed by atoms with Crippen LogP contribution in [0.15, 0.2) is 0 Å². The molecular weight excluding hydrogens is 106 g/mol. The predicted molar refractivity (Wildman–Crippen MR) is 16.9 cm³/mol. The fraction of sp³-hybridized carbons (Fsp3) is 0. The monoisotopic (exact) mass is 106 g/mol. The van der Waals surface area contributed by atoms with Gasteiger partial charge in [0.1, 0.15) is 0 Å². The van der Waals surface area contributed by atoms with Crippen LogP contribution in [0.2, 0.25) is 0 Å². The molecule has 0 unspecified atom stereocenters. The van der Waals surface area contributed by atoms with Gasteiger partial charge in [-0.25, -0.2) is 0 Å². The first-order valence-electron chi connectivity index (χ1n) is 0.612. The smallest absolute Gasteiger partial charge is 0 e. The van der Waals surface area contributed by atoms with Crippen molar-refractivity contribution < 1.29 is 15.0 Å². The first-order valence-corrected chi connectivity index (χ1v) is 0.612. The molecule has 0 aliphatic rings. The standard InChI is InChI=1S/CH2O3.2Na/c2-1(3)4;;/h(H2,2,3,4);;/p-2. The summed E-state index contributed by atoms with van der Waals surface area (Å²) in [6.45, 7) is 0. The van der Waals surface area contributed by atoms with Gasteiger partial charge in [0.05, 0.1) is 0 Å². The largest absolute Gasteiger partial charge is 0.652 e. The molecule has 0 aromatic heterocycles. The molecule has 0 saturated carbocycles. The van der Waals surface area contributed by atoms with E-state index in [-0.39, 0.29) is 59.1 Å². The van der Waals surface area contributed by atoms with E-state index < -0.39 is 6.16 Å². The minimum Gasteiger partial charge on any atom is -0.652 e. The van der Waals surface area contributed by atoms with Crippen LogP contribution in [0.3, 0.4) is 0 Å². The Labute approximate surface area is 79.3 Å². The Balaban J connectivity index is -0.0000000450. The second-order valence-electron chi connectivity index (χ2n) is 0.250. The average molecular weight is 106 g/mol. The molecule has 0 aliphatic carbocycles. The Morgan fingerprint density at radius 3 is 1.17 bits per heavy atom. The quantitative estimate of drug-likeness (QED) is 0.305. The molecule has 0 fully saturated rings. The first kappa shape index (κ1) is 15.7. The third-order valence-electron chi connectivity index (χ3n) is 0. The average Bonchev–Trinajstić information content (AvgIpc) is 0.811. The normalized spacial score (nSPS) is 4.00. The van der Waals surface area contributed by atoms with Crippen molar-refractivity contribution in [1.29, 1.82) is 0 Å². The minimum atomic E-state index is -2.33. The Morgan fingerprint density at radius 2 is 1.17 bits per heavy atom. The van der Waals surface area contributed by atoms with Crippen LogP contribution in [0.25, 0.3) is 0 Å². The van der Waals surface area contributed by atoms with E-state index in [1.54, 1.807) is 0 Å². The third kappa shape index (κ3) is 59.6. The summed E-state index contributed by atoms with van der Waals surface area (Å²) in [5, 5.41) is 16.7. The van der Waals surface area contributed by atoms with Gasteiger partial charge in [-0.1, -0.05) is 0 Å². The first-order chi connectivity index (χ1) is 1.73. The number of carbonyl (C=O) groups excluding carboxylic acids is 1. The maximum Gasteiger partial charge on any atom is 0 e. The van der Waals surface area contributed by atoms with Crippen LogP contribution in [0, 0.1) is 0 Å². The summed E-state index contributed by atoms with van der Waals surface area (Å²) >= 11 is 0. The molecule has 2 radical (unpaired) electrons. The zero-order chi connectivity index (χ0) is 3.58. The second-order valence-corrected chi connectivity index (χ2v) is 0.250. The molecule has 0 N–H and O–H groups in total. The van der Waals surface area contributed by atoms with Crippen molar-refractivity contribution in [2.24, 2.45) is 0 Å². The molecule has 0 aromatic carbocycles. The second kappa shape index (κ2) is 9.55. The van der Waals surface area contributed by atoms with Crippen LogP contribution >= 0.6 is 0 Å². The van der Waals surface area contributed by atoms with Crippen molar-refractivity contribution in [3.05, 3.63) is 0 Å². The van der Waals surface area contributed by atoms with E-state index in [2.05, 4.69) is 0 Å². The summed E-state index contributed by atoms with van der Waals surface area (Å²) in [4.78, 5) is 8.33. The van der Waals surface area contributed by atoms with Crippen LogP contribution in [0.5, 0.6) is 0 Å². The van der Waals surface area contributed by atoms with Gasteiger partial charge in [0.2, 0.25) is 0 Å². The van der Waals surface area contributed by atoms with Gasteiger partial charge in [0.25, 0.3) is 0 Å². The molecule has 5 heteroatoms. The third-order valence-corrected chi connectivity index (χ3v) is 0. The molecule has 6 heavy (non-hydrogen) atoms. The molecule has 0 rings (SSSR count). The van der Waals surface area contributed by atoms with Crippen molar-refractivity contribution in [1.82, 2.24) is 0 Å². The maximum absolute atomic E-state index is 8.33. The van der Waals surface area contributed by atoms with E-state index in [1.807, 2.05) is 0 Å². The van der Waals surface area contributed by atoms with E-state index in [1.165, 1.54) is 0 Å². The Morgan fingerprint density at radius 1 is 1.17 bits per heavy atom. The van der Waals surface area contributed by atoms with E-state index in [4.69, 9.17) is 15.0 Å². The van der Waals surface area contributed by atoms with Crippen LogP contribution in [-0.2, 0) is 0 Å². The number of rotatable bonds is 0. The molecular formula is CNa2O3-2. The summed E-state index contributed by atoms with van der Waals surface area (Å²) in [7, 11) is 0. The molecule has 0 spiro atoms. The summed E-state index contributed by atoms with van der Waals surface area (Å²) < 4.78 is 0. The maximum atomic E-state index is 8.33. The topological polar surface area (TPSA) is 63.2 Å². The molecule has 0 bridgehead atoms. The van der Waals surface area contributed by atoms with Gasteiger partial charge in [0, 0.05) is 59.1 Å². The SMILES string of the molecule is O=C([O-])[O-].[Na].[Na]. The molecule has 3 nitrogen and oxygen atoms in total. The van der Waals surface area contributed by atoms with E-state index >= 15 is 0 Å². The van der Waals surface area contributed by atoms with Crippen molar-refractivity contribution in [3.63, 3.8) is 0 Å². The summed E-state index contributed by atoms with van der Waals surface area (Å²) in [6, 6.07) is 0. The zero-order valence-corrected chi connectivity index (χ0v) is 7.72. The molecule has 0 atom stereocenters. The van der Waals surface area contributed by atoms with Crippen molar-refractivity contribution in [3.8, 4) is 0 Å². The van der Waals surface area contributed by atoms with Gasteiger partial charge in [-0.3, -0.25) is 0 Å². The van der Waals surface area contributed by atoms with Crippen LogP contribution in [0.4, 0.5) is 4.79 Å². The van der Waals surface area contributed by atoms with Gasteiger partial charge in [0.15, 0.2) is 0 Å². The van der Waals surface area contributed by atoms with Gasteiger partial charge < -0.3 is 15.0 Å². The molecule has 26 valence electrons. The molecule has 0 heterocycles.